The van der Waals surface area contributed by atoms with Crippen LogP contribution in [0.25, 0.3) is 5.76 Å². The second-order valence-corrected chi connectivity index (χ2v) is 3.03. The Balaban J connectivity index is 3.04. The summed E-state index contributed by atoms with van der Waals surface area (Å²) in [6.45, 7) is 3.29. The van der Waals surface area contributed by atoms with Gasteiger partial charge in [0.05, 0.1) is 5.56 Å². The molecular weight excluding hydrogens is 200 g/mol. The molecule has 0 saturated carbocycles. The fraction of sp³-hybridized carbons (Fsp3) is 0.200. The number of carbonyl (C=O) groups excluding carboxylic acids is 1. The van der Waals surface area contributed by atoms with Crippen LogP contribution >= 0.6 is 0 Å². The van der Waals surface area contributed by atoms with Crippen LogP contribution in [-0.4, -0.2) is 22.0 Å². The molecule has 0 unspecified atom stereocenters. The van der Waals surface area contributed by atoms with E-state index in [9.17, 15) is 14.7 Å². The normalized spacial score (nSPS) is 11.5. The Hall–Kier alpha value is -2.04. The van der Waals surface area contributed by atoms with Gasteiger partial charge < -0.3 is 14.6 Å². The van der Waals surface area contributed by atoms with Crippen molar-refractivity contribution in [3.05, 3.63) is 29.2 Å². The topological polar surface area (TPSA) is 87.7 Å². The first-order valence-electron chi connectivity index (χ1n) is 4.17. The van der Waals surface area contributed by atoms with Crippen molar-refractivity contribution in [2.45, 2.75) is 13.8 Å². The lowest BCUT2D eigenvalue weighted by Crippen LogP contribution is -2.09. The molecule has 0 aliphatic heterocycles. The lowest BCUT2D eigenvalue weighted by molar-refractivity contribution is -0.146. The maximum atomic E-state index is 10.8. The van der Waals surface area contributed by atoms with Crippen molar-refractivity contribution in [2.24, 2.45) is 0 Å². The molecule has 1 aromatic heterocycles. The highest BCUT2D eigenvalue weighted by molar-refractivity contribution is 6.38. The predicted octanol–water partition coefficient (Wildman–Crippen LogP) is 1.45. The SMILES string of the molecule is Cc1cc(/C(O)=C/C(=O)C(=O)O)c(C)o1. The van der Waals surface area contributed by atoms with Crippen LogP contribution < -0.4 is 0 Å². The molecule has 0 aliphatic rings. The second kappa shape index (κ2) is 4.00. The lowest BCUT2D eigenvalue weighted by Gasteiger charge is -1.95. The number of ketones is 1. The molecule has 0 atom stereocenters. The molecule has 0 aliphatic carbocycles. The summed E-state index contributed by atoms with van der Waals surface area (Å²) in [7, 11) is 0. The predicted molar refractivity (Wildman–Crippen MR) is 51.4 cm³/mol. The van der Waals surface area contributed by atoms with Gasteiger partial charge in [-0.2, -0.15) is 0 Å². The van der Waals surface area contributed by atoms with Crippen LogP contribution in [0.3, 0.4) is 0 Å². The lowest BCUT2D eigenvalue weighted by atomic mass is 10.2. The molecule has 15 heavy (non-hydrogen) atoms. The van der Waals surface area contributed by atoms with Crippen LogP contribution in [0.1, 0.15) is 17.1 Å². The van der Waals surface area contributed by atoms with Gasteiger partial charge in [0.25, 0.3) is 5.78 Å². The van der Waals surface area contributed by atoms with Crippen molar-refractivity contribution in [3.63, 3.8) is 0 Å². The van der Waals surface area contributed by atoms with Gasteiger partial charge in [-0.25, -0.2) is 4.79 Å². The summed E-state index contributed by atoms with van der Waals surface area (Å²) in [6.07, 6.45) is 0.652. The number of rotatable bonds is 3. The fourth-order valence-corrected chi connectivity index (χ4v) is 1.15. The number of aliphatic hydroxyl groups excluding tert-OH is 1. The Morgan fingerprint density at radius 1 is 1.33 bits per heavy atom. The van der Waals surface area contributed by atoms with Gasteiger partial charge >= 0.3 is 5.97 Å². The van der Waals surface area contributed by atoms with Crippen LogP contribution in [0.5, 0.6) is 0 Å². The van der Waals surface area contributed by atoms with E-state index in [2.05, 4.69) is 0 Å². The molecule has 0 spiro atoms. The number of aliphatic hydroxyl groups is 1. The maximum absolute atomic E-state index is 10.8. The molecule has 1 heterocycles. The van der Waals surface area contributed by atoms with E-state index in [1.807, 2.05) is 0 Å². The van der Waals surface area contributed by atoms with Crippen LogP contribution in [0.2, 0.25) is 0 Å². The van der Waals surface area contributed by atoms with Crippen LogP contribution in [0.4, 0.5) is 0 Å². The molecule has 80 valence electrons. The van der Waals surface area contributed by atoms with Crippen LogP contribution in [0.15, 0.2) is 16.6 Å². The molecule has 0 radical (unpaired) electrons. The molecular formula is C10H10O5. The Morgan fingerprint density at radius 2 is 1.93 bits per heavy atom. The zero-order valence-corrected chi connectivity index (χ0v) is 8.27. The Labute approximate surface area is 85.6 Å². The van der Waals surface area contributed by atoms with Gasteiger partial charge in [-0.15, -0.1) is 0 Å². The van der Waals surface area contributed by atoms with Gasteiger partial charge in [-0.05, 0) is 19.9 Å². The quantitative estimate of drug-likeness (QED) is 0.448. The number of aliphatic carboxylic acids is 1. The van der Waals surface area contributed by atoms with Crippen molar-refractivity contribution < 1.29 is 24.2 Å². The van der Waals surface area contributed by atoms with E-state index < -0.39 is 17.5 Å². The molecule has 0 amide bonds. The molecule has 1 rings (SSSR count). The van der Waals surface area contributed by atoms with Crippen molar-refractivity contribution in [3.8, 4) is 0 Å². The van der Waals surface area contributed by atoms with Gasteiger partial charge in [0, 0.05) is 6.08 Å². The summed E-state index contributed by atoms with van der Waals surface area (Å²) < 4.78 is 5.12. The fourth-order valence-electron chi connectivity index (χ4n) is 1.15. The first-order chi connectivity index (χ1) is 6.91. The summed E-state index contributed by atoms with van der Waals surface area (Å²) in [5.74, 6) is -2.19. The van der Waals surface area contributed by atoms with E-state index in [0.29, 0.717) is 23.2 Å². The first kappa shape index (κ1) is 11.0. The van der Waals surface area contributed by atoms with Gasteiger partial charge in [0.1, 0.15) is 17.3 Å². The van der Waals surface area contributed by atoms with E-state index >= 15 is 0 Å². The number of aryl methyl sites for hydroxylation is 2. The number of carbonyl (C=O) groups is 2. The molecule has 5 heteroatoms. The van der Waals surface area contributed by atoms with E-state index in [1.165, 1.54) is 6.07 Å². The van der Waals surface area contributed by atoms with E-state index in [4.69, 9.17) is 9.52 Å². The minimum atomic E-state index is -1.61. The standard InChI is InChI=1S/C10H10O5/c1-5-3-7(6(2)15-5)8(11)4-9(12)10(13)14/h3-4,11H,1-2H3,(H,13,14)/b8-4-. The van der Waals surface area contributed by atoms with Crippen molar-refractivity contribution in [1.29, 1.82) is 0 Å². The van der Waals surface area contributed by atoms with Crippen molar-refractivity contribution in [1.82, 2.24) is 0 Å². The Morgan fingerprint density at radius 3 is 2.33 bits per heavy atom. The summed E-state index contributed by atoms with van der Waals surface area (Å²) >= 11 is 0. The van der Waals surface area contributed by atoms with Crippen molar-refractivity contribution >= 4 is 17.5 Å². The van der Waals surface area contributed by atoms with Gasteiger partial charge in [0.15, 0.2) is 0 Å². The zero-order valence-electron chi connectivity index (χ0n) is 8.27. The Kier molecular flexibility index (Phi) is 2.94. The van der Waals surface area contributed by atoms with Crippen LogP contribution in [0, 0.1) is 13.8 Å². The second-order valence-electron chi connectivity index (χ2n) is 3.03. The Bertz CT molecular complexity index is 439. The highest BCUT2D eigenvalue weighted by Crippen LogP contribution is 2.20. The molecule has 0 saturated heterocycles. The number of hydrogen-bond donors (Lipinski definition) is 2. The number of furan rings is 1. The molecule has 0 aromatic carbocycles. The average molecular weight is 210 g/mol. The average Bonchev–Trinajstić information content (AvgIpc) is 2.44. The van der Waals surface area contributed by atoms with Gasteiger partial charge in [-0.3, -0.25) is 4.79 Å². The third kappa shape index (κ3) is 2.46. The van der Waals surface area contributed by atoms with Gasteiger partial charge in [0.2, 0.25) is 0 Å². The summed E-state index contributed by atoms with van der Waals surface area (Å²) in [6, 6.07) is 1.52. The van der Waals surface area contributed by atoms with E-state index in [-0.39, 0.29) is 0 Å². The third-order valence-electron chi connectivity index (χ3n) is 1.80. The smallest absolute Gasteiger partial charge is 0.376 e. The highest BCUT2D eigenvalue weighted by Gasteiger charge is 2.13. The largest absolute Gasteiger partial charge is 0.507 e. The summed E-state index contributed by atoms with van der Waals surface area (Å²) in [5.41, 5.74) is 0.321. The molecule has 0 bridgehead atoms. The van der Waals surface area contributed by atoms with Crippen molar-refractivity contribution in [2.75, 3.05) is 0 Å². The third-order valence-corrected chi connectivity index (χ3v) is 1.80. The minimum absolute atomic E-state index is 0.321. The number of carboxylic acids is 1. The summed E-state index contributed by atoms with van der Waals surface area (Å²) in [4.78, 5) is 21.0. The monoisotopic (exact) mass is 210 g/mol. The van der Waals surface area contributed by atoms with Gasteiger partial charge in [-0.1, -0.05) is 0 Å². The zero-order chi connectivity index (χ0) is 11.6. The van der Waals surface area contributed by atoms with E-state index in [1.54, 1.807) is 13.8 Å². The molecule has 1 aromatic rings. The van der Waals surface area contributed by atoms with E-state index in [0.717, 1.165) is 0 Å². The highest BCUT2D eigenvalue weighted by atomic mass is 16.4. The summed E-state index contributed by atoms with van der Waals surface area (Å²) in [5, 5.41) is 17.8. The number of hydrogen-bond acceptors (Lipinski definition) is 4. The molecule has 2 N–H and O–H groups in total. The molecule has 0 fully saturated rings. The van der Waals surface area contributed by atoms with Crippen LogP contribution in [-0.2, 0) is 9.59 Å². The maximum Gasteiger partial charge on any atom is 0.376 e. The minimum Gasteiger partial charge on any atom is -0.507 e. The molecule has 5 nitrogen and oxygen atoms in total. The number of carboxylic acid groups (broad SMARTS) is 1. The first-order valence-corrected chi connectivity index (χ1v) is 4.17.